The van der Waals surface area contributed by atoms with Gasteiger partial charge in [-0.2, -0.15) is 11.8 Å². The van der Waals surface area contributed by atoms with E-state index in [-0.39, 0.29) is 18.1 Å². The van der Waals surface area contributed by atoms with Crippen LogP contribution in [0.25, 0.3) is 0 Å². The molecule has 3 amide bonds. The lowest BCUT2D eigenvalue weighted by atomic mass is 10.0. The third kappa shape index (κ3) is 8.11. The zero-order valence-corrected chi connectivity index (χ0v) is 20.7. The molecule has 0 saturated carbocycles. The zero-order chi connectivity index (χ0) is 26.1. The molecular formula is C23H34N4O7S. The minimum absolute atomic E-state index is 0.0196. The van der Waals surface area contributed by atoms with E-state index in [2.05, 4.69) is 10.6 Å². The van der Waals surface area contributed by atoms with Gasteiger partial charge in [-0.3, -0.25) is 14.4 Å². The van der Waals surface area contributed by atoms with E-state index >= 15 is 0 Å². The number of carboxylic acid groups (broad SMARTS) is 1. The third-order valence-corrected chi connectivity index (χ3v) is 6.49. The smallest absolute Gasteiger partial charge is 0.326 e. The summed E-state index contributed by atoms with van der Waals surface area (Å²) in [6.45, 7) is 1.67. The SMILES string of the molecule is CSCCC(N)C(=O)N1CCCC1C(=O)NC(C(=O)NC(Cc1ccc(O)cc1)C(=O)O)C(C)O. The largest absolute Gasteiger partial charge is 0.508 e. The van der Waals surface area contributed by atoms with Crippen LogP contribution >= 0.6 is 11.8 Å². The Bertz CT molecular complexity index is 896. The minimum atomic E-state index is -1.42. The van der Waals surface area contributed by atoms with E-state index in [4.69, 9.17) is 5.73 Å². The number of hydrogen-bond acceptors (Lipinski definition) is 8. The lowest BCUT2D eigenvalue weighted by Gasteiger charge is -2.29. The number of rotatable bonds is 12. The topological polar surface area (TPSA) is 182 Å². The maximum absolute atomic E-state index is 13.0. The summed E-state index contributed by atoms with van der Waals surface area (Å²) in [5, 5.41) is 33.9. The number of amides is 3. The maximum Gasteiger partial charge on any atom is 0.326 e. The van der Waals surface area contributed by atoms with Crippen molar-refractivity contribution in [2.75, 3.05) is 18.6 Å². The monoisotopic (exact) mass is 510 g/mol. The van der Waals surface area contributed by atoms with Crippen LogP contribution in [-0.2, 0) is 25.6 Å². The van der Waals surface area contributed by atoms with Crippen molar-refractivity contribution < 1.29 is 34.5 Å². The number of nitrogens with one attached hydrogen (secondary N) is 2. The number of aromatic hydroxyl groups is 1. The summed E-state index contributed by atoms with van der Waals surface area (Å²) >= 11 is 1.56. The van der Waals surface area contributed by atoms with Crippen LogP contribution in [0.5, 0.6) is 5.75 Å². The van der Waals surface area contributed by atoms with Crippen molar-refractivity contribution in [1.29, 1.82) is 0 Å². The predicted octanol–water partition coefficient (Wildman–Crippen LogP) is -0.559. The molecule has 1 fully saturated rings. The normalized spacial score (nSPS) is 18.9. The number of aliphatic hydroxyl groups is 1. The second-order valence-corrected chi connectivity index (χ2v) is 9.56. The van der Waals surface area contributed by atoms with Gasteiger partial charge in [-0.05, 0) is 55.9 Å². The molecule has 1 heterocycles. The van der Waals surface area contributed by atoms with Gasteiger partial charge in [-0.25, -0.2) is 4.79 Å². The number of likely N-dealkylation sites (tertiary alicyclic amines) is 1. The van der Waals surface area contributed by atoms with E-state index in [9.17, 15) is 34.5 Å². The van der Waals surface area contributed by atoms with Gasteiger partial charge in [0, 0.05) is 13.0 Å². The average Bonchev–Trinajstić information content (AvgIpc) is 3.30. The summed E-state index contributed by atoms with van der Waals surface area (Å²) in [6.07, 6.45) is 1.97. The van der Waals surface area contributed by atoms with E-state index < -0.39 is 48.1 Å². The first-order chi connectivity index (χ1) is 16.5. The molecule has 194 valence electrons. The van der Waals surface area contributed by atoms with E-state index in [0.29, 0.717) is 37.1 Å². The summed E-state index contributed by atoms with van der Waals surface area (Å²) in [4.78, 5) is 51.7. The first kappa shape index (κ1) is 28.4. The summed E-state index contributed by atoms with van der Waals surface area (Å²) in [5.74, 6) is -2.39. The molecule has 5 unspecified atom stereocenters. The van der Waals surface area contributed by atoms with Crippen LogP contribution in [0, 0.1) is 0 Å². The summed E-state index contributed by atoms with van der Waals surface area (Å²) in [6, 6.07) is 1.54. The fraction of sp³-hybridized carbons (Fsp3) is 0.565. The lowest BCUT2D eigenvalue weighted by Crippen LogP contribution is -2.59. The van der Waals surface area contributed by atoms with Gasteiger partial charge in [0.1, 0.15) is 23.9 Å². The second kappa shape index (κ2) is 13.3. The van der Waals surface area contributed by atoms with Gasteiger partial charge in [0.15, 0.2) is 0 Å². The van der Waals surface area contributed by atoms with E-state index in [0.717, 1.165) is 0 Å². The number of phenolic OH excluding ortho intramolecular Hbond substituents is 1. The second-order valence-electron chi connectivity index (χ2n) is 8.57. The van der Waals surface area contributed by atoms with Gasteiger partial charge in [0.05, 0.1) is 12.1 Å². The molecule has 1 aliphatic rings. The summed E-state index contributed by atoms with van der Waals surface area (Å²) < 4.78 is 0. The van der Waals surface area contributed by atoms with Crippen molar-refractivity contribution in [3.63, 3.8) is 0 Å². The number of carbonyl (C=O) groups excluding carboxylic acids is 3. The molecule has 1 saturated heterocycles. The fourth-order valence-electron chi connectivity index (χ4n) is 3.87. The minimum Gasteiger partial charge on any atom is -0.508 e. The molecule has 1 aliphatic heterocycles. The van der Waals surface area contributed by atoms with Crippen molar-refractivity contribution in [1.82, 2.24) is 15.5 Å². The number of carboxylic acids is 1. The van der Waals surface area contributed by atoms with Gasteiger partial charge in [-0.1, -0.05) is 12.1 Å². The van der Waals surface area contributed by atoms with Gasteiger partial charge in [0.25, 0.3) is 0 Å². The molecule has 0 aromatic heterocycles. The number of aliphatic hydroxyl groups excluding tert-OH is 1. The third-order valence-electron chi connectivity index (χ3n) is 5.84. The number of nitrogens with zero attached hydrogens (tertiary/aromatic N) is 1. The first-order valence-electron chi connectivity index (χ1n) is 11.4. The molecule has 1 aromatic carbocycles. The highest BCUT2D eigenvalue weighted by atomic mass is 32.2. The van der Waals surface area contributed by atoms with Gasteiger partial charge in [0.2, 0.25) is 17.7 Å². The summed E-state index contributed by atoms with van der Waals surface area (Å²) in [7, 11) is 0. The maximum atomic E-state index is 13.0. The Morgan fingerprint density at radius 1 is 1.20 bits per heavy atom. The molecule has 2 rings (SSSR count). The van der Waals surface area contributed by atoms with Crippen molar-refractivity contribution in [2.24, 2.45) is 5.73 Å². The molecule has 5 atom stereocenters. The first-order valence-corrected chi connectivity index (χ1v) is 12.8. The van der Waals surface area contributed by atoms with Gasteiger partial charge < -0.3 is 36.6 Å². The van der Waals surface area contributed by atoms with Crippen molar-refractivity contribution in [3.8, 4) is 5.75 Å². The van der Waals surface area contributed by atoms with Crippen molar-refractivity contribution >= 4 is 35.5 Å². The van der Waals surface area contributed by atoms with Crippen LogP contribution in [-0.4, -0.2) is 92.7 Å². The van der Waals surface area contributed by atoms with Crippen LogP contribution in [0.2, 0.25) is 0 Å². The molecule has 35 heavy (non-hydrogen) atoms. The lowest BCUT2D eigenvalue weighted by molar-refractivity contribution is -0.144. The number of carbonyl (C=O) groups is 4. The molecule has 0 aliphatic carbocycles. The molecule has 12 heteroatoms. The van der Waals surface area contributed by atoms with Crippen LogP contribution in [0.1, 0.15) is 31.7 Å². The van der Waals surface area contributed by atoms with E-state index in [1.54, 1.807) is 11.8 Å². The fourth-order valence-corrected chi connectivity index (χ4v) is 4.36. The highest BCUT2D eigenvalue weighted by Gasteiger charge is 2.38. The van der Waals surface area contributed by atoms with Crippen LogP contribution < -0.4 is 16.4 Å². The highest BCUT2D eigenvalue weighted by Crippen LogP contribution is 2.20. The molecule has 0 bridgehead atoms. The Hall–Kier alpha value is -2.83. The quantitative estimate of drug-likeness (QED) is 0.215. The number of phenols is 1. The summed E-state index contributed by atoms with van der Waals surface area (Å²) in [5.41, 5.74) is 6.55. The molecule has 11 nitrogen and oxygen atoms in total. The van der Waals surface area contributed by atoms with Crippen LogP contribution in [0.4, 0.5) is 0 Å². The number of aliphatic carboxylic acids is 1. The standard InChI is InChI=1S/C23H34N4O7S/c1-13(28)19(21(31)25-17(23(33)34)12-14-5-7-15(29)8-6-14)26-20(30)18-4-3-10-27(18)22(32)16(24)9-11-35-2/h5-8,13,16-19,28-29H,3-4,9-12,24H2,1-2H3,(H,25,31)(H,26,30)(H,33,34). The van der Waals surface area contributed by atoms with Crippen LogP contribution in [0.15, 0.2) is 24.3 Å². The van der Waals surface area contributed by atoms with E-state index in [1.165, 1.54) is 36.1 Å². The molecule has 1 aromatic rings. The number of benzene rings is 1. The molecular weight excluding hydrogens is 476 g/mol. The Balaban J connectivity index is 2.06. The zero-order valence-electron chi connectivity index (χ0n) is 19.8. The Morgan fingerprint density at radius 2 is 1.86 bits per heavy atom. The highest BCUT2D eigenvalue weighted by molar-refractivity contribution is 7.98. The Morgan fingerprint density at radius 3 is 2.43 bits per heavy atom. The Labute approximate surface area is 208 Å². The number of hydrogen-bond donors (Lipinski definition) is 6. The van der Waals surface area contributed by atoms with Crippen molar-refractivity contribution in [2.45, 2.75) is 62.9 Å². The molecule has 7 N–H and O–H groups in total. The number of nitrogens with two attached hydrogens (primary N) is 1. The molecule has 0 spiro atoms. The van der Waals surface area contributed by atoms with Gasteiger partial charge in [-0.15, -0.1) is 0 Å². The van der Waals surface area contributed by atoms with Crippen molar-refractivity contribution in [3.05, 3.63) is 29.8 Å². The van der Waals surface area contributed by atoms with Gasteiger partial charge >= 0.3 is 5.97 Å². The molecule has 0 radical (unpaired) electrons. The average molecular weight is 511 g/mol. The number of thioether (sulfide) groups is 1. The Kier molecular flexibility index (Phi) is 10.8. The predicted molar refractivity (Wildman–Crippen MR) is 131 cm³/mol. The van der Waals surface area contributed by atoms with E-state index in [1.807, 2.05) is 6.26 Å². The van der Waals surface area contributed by atoms with Crippen LogP contribution in [0.3, 0.4) is 0 Å².